The van der Waals surface area contributed by atoms with E-state index in [0.29, 0.717) is 18.9 Å². The Morgan fingerprint density at radius 2 is 1.93 bits per heavy atom. The summed E-state index contributed by atoms with van der Waals surface area (Å²) in [4.78, 5) is 2.22. The summed E-state index contributed by atoms with van der Waals surface area (Å²) in [5.74, 6) is 0.0549. The van der Waals surface area contributed by atoms with Crippen molar-refractivity contribution in [2.45, 2.75) is 38.2 Å². The first-order chi connectivity index (χ1) is 12.9. The molecule has 4 rings (SSSR count). The van der Waals surface area contributed by atoms with Crippen molar-refractivity contribution < 1.29 is 19.3 Å². The second-order valence-electron chi connectivity index (χ2n) is 8.03. The van der Waals surface area contributed by atoms with Crippen molar-refractivity contribution in [2.24, 2.45) is 0 Å². The van der Waals surface area contributed by atoms with Crippen molar-refractivity contribution >= 4 is 12.4 Å². The van der Waals surface area contributed by atoms with Crippen LogP contribution in [0, 0.1) is 0 Å². The van der Waals surface area contributed by atoms with Gasteiger partial charge in [-0.2, -0.15) is 0 Å². The molecule has 28 heavy (non-hydrogen) atoms. The Balaban J connectivity index is 0.00000225. The summed E-state index contributed by atoms with van der Waals surface area (Å²) < 4.78 is 17.4. The summed E-state index contributed by atoms with van der Waals surface area (Å²) in [6, 6.07) is 14.1. The lowest BCUT2D eigenvalue weighted by molar-refractivity contribution is -0.249. The van der Waals surface area contributed by atoms with Gasteiger partial charge in [-0.15, -0.1) is 12.4 Å². The molecule has 1 saturated heterocycles. The van der Waals surface area contributed by atoms with Crippen LogP contribution in [0.5, 0.6) is 11.5 Å². The standard InChI is InChI=1S/C22H27NO4.ClH/c1-21(2)13-17-11-18(12-19(25-3)20(17)27-21)22(24)15-23(9-10-26-22)14-16-7-5-4-6-8-16;/h4-8,11-12,24H,9-10,13-15H2,1-3H3;1H. The van der Waals surface area contributed by atoms with Gasteiger partial charge in [0.2, 0.25) is 5.79 Å². The van der Waals surface area contributed by atoms with E-state index in [9.17, 15) is 5.11 Å². The minimum absolute atomic E-state index is 0. The number of fused-ring (bicyclic) bond motifs is 1. The van der Waals surface area contributed by atoms with Crippen LogP contribution in [0.1, 0.15) is 30.5 Å². The van der Waals surface area contributed by atoms with Crippen molar-refractivity contribution in [1.29, 1.82) is 0 Å². The van der Waals surface area contributed by atoms with Gasteiger partial charge in [0.25, 0.3) is 0 Å². The van der Waals surface area contributed by atoms with E-state index in [-0.39, 0.29) is 18.0 Å². The second kappa shape index (κ2) is 7.91. The predicted octanol–water partition coefficient (Wildman–Crippen LogP) is 3.51. The molecule has 1 atom stereocenters. The van der Waals surface area contributed by atoms with Gasteiger partial charge < -0.3 is 19.3 Å². The molecule has 0 bridgehead atoms. The minimum Gasteiger partial charge on any atom is -0.493 e. The molecule has 2 heterocycles. The Labute approximate surface area is 172 Å². The summed E-state index contributed by atoms with van der Waals surface area (Å²) in [6.07, 6.45) is 0.774. The van der Waals surface area contributed by atoms with Gasteiger partial charge >= 0.3 is 0 Å². The Bertz CT molecular complexity index is 827. The maximum absolute atomic E-state index is 11.3. The molecule has 6 heteroatoms. The molecule has 1 unspecified atom stereocenters. The zero-order valence-electron chi connectivity index (χ0n) is 16.6. The zero-order chi connectivity index (χ0) is 19.1. The maximum atomic E-state index is 11.3. The lowest BCUT2D eigenvalue weighted by atomic mass is 9.96. The molecule has 2 aromatic carbocycles. The molecular weight excluding hydrogens is 378 g/mol. The third kappa shape index (κ3) is 4.13. The average molecular weight is 406 g/mol. The number of nitrogens with zero attached hydrogens (tertiary/aromatic N) is 1. The molecule has 0 radical (unpaired) electrons. The number of rotatable bonds is 4. The number of β-amino-alcohol motifs (C(OH)–C–C–N with tert-alkyl or cyclic N) is 1. The van der Waals surface area contributed by atoms with Crippen molar-refractivity contribution in [3.63, 3.8) is 0 Å². The molecule has 0 aliphatic carbocycles. The van der Waals surface area contributed by atoms with Crippen LogP contribution in [0.3, 0.4) is 0 Å². The quantitative estimate of drug-likeness (QED) is 0.843. The van der Waals surface area contributed by atoms with Gasteiger partial charge in [-0.25, -0.2) is 0 Å². The predicted molar refractivity (Wildman–Crippen MR) is 110 cm³/mol. The Kier molecular flexibility index (Phi) is 5.92. The van der Waals surface area contributed by atoms with Crippen LogP contribution in [0.4, 0.5) is 0 Å². The van der Waals surface area contributed by atoms with Crippen molar-refractivity contribution in [2.75, 3.05) is 26.8 Å². The first-order valence-corrected chi connectivity index (χ1v) is 9.42. The van der Waals surface area contributed by atoms with E-state index in [4.69, 9.17) is 14.2 Å². The normalized spacial score (nSPS) is 23.4. The zero-order valence-corrected chi connectivity index (χ0v) is 17.4. The van der Waals surface area contributed by atoms with Gasteiger partial charge in [0.15, 0.2) is 11.5 Å². The first-order valence-electron chi connectivity index (χ1n) is 9.42. The summed E-state index contributed by atoms with van der Waals surface area (Å²) in [7, 11) is 1.63. The van der Waals surface area contributed by atoms with E-state index < -0.39 is 5.79 Å². The van der Waals surface area contributed by atoms with Crippen molar-refractivity contribution in [1.82, 2.24) is 4.90 Å². The lowest BCUT2D eigenvalue weighted by Crippen LogP contribution is -2.49. The van der Waals surface area contributed by atoms with Gasteiger partial charge in [-0.1, -0.05) is 30.3 Å². The topological polar surface area (TPSA) is 51.2 Å². The van der Waals surface area contributed by atoms with E-state index in [1.165, 1.54) is 5.56 Å². The monoisotopic (exact) mass is 405 g/mol. The molecule has 1 N–H and O–H groups in total. The van der Waals surface area contributed by atoms with E-state index in [1.807, 2.05) is 30.3 Å². The molecule has 0 aromatic heterocycles. The highest BCUT2D eigenvalue weighted by molar-refractivity contribution is 5.85. The first kappa shape index (κ1) is 20.9. The third-order valence-electron chi connectivity index (χ3n) is 5.23. The SMILES string of the molecule is COc1cc(C2(O)CN(Cc3ccccc3)CCO2)cc2c1OC(C)(C)C2.Cl. The van der Waals surface area contributed by atoms with Crippen LogP contribution < -0.4 is 9.47 Å². The van der Waals surface area contributed by atoms with E-state index in [2.05, 4.69) is 30.9 Å². The fourth-order valence-corrected chi connectivity index (χ4v) is 3.98. The summed E-state index contributed by atoms with van der Waals surface area (Å²) in [5, 5.41) is 11.3. The number of aliphatic hydroxyl groups is 1. The second-order valence-corrected chi connectivity index (χ2v) is 8.03. The molecule has 0 spiro atoms. The Hall–Kier alpha value is -1.79. The average Bonchev–Trinajstić information content (AvgIpc) is 2.95. The molecule has 5 nitrogen and oxygen atoms in total. The third-order valence-corrected chi connectivity index (χ3v) is 5.23. The molecule has 0 amide bonds. The molecule has 2 aliphatic rings. The lowest BCUT2D eigenvalue weighted by Gasteiger charge is -2.39. The van der Waals surface area contributed by atoms with Crippen LogP contribution in [0.15, 0.2) is 42.5 Å². The van der Waals surface area contributed by atoms with Gasteiger partial charge in [-0.05, 0) is 31.5 Å². The number of benzene rings is 2. The molecule has 2 aromatic rings. The van der Waals surface area contributed by atoms with Gasteiger partial charge in [0, 0.05) is 30.6 Å². The molecular formula is C22H28ClNO4. The van der Waals surface area contributed by atoms with Gasteiger partial charge in [-0.3, -0.25) is 4.90 Å². The van der Waals surface area contributed by atoms with Crippen LogP contribution in [-0.4, -0.2) is 42.4 Å². The Morgan fingerprint density at radius 3 is 2.64 bits per heavy atom. The van der Waals surface area contributed by atoms with E-state index >= 15 is 0 Å². The summed E-state index contributed by atoms with van der Waals surface area (Å²) in [5.41, 5.74) is 2.72. The van der Waals surface area contributed by atoms with Crippen molar-refractivity contribution in [3.8, 4) is 11.5 Å². The van der Waals surface area contributed by atoms with Gasteiger partial charge in [0.05, 0.1) is 20.3 Å². The number of halogens is 1. The van der Waals surface area contributed by atoms with Crippen LogP contribution >= 0.6 is 12.4 Å². The molecule has 152 valence electrons. The van der Waals surface area contributed by atoms with Crippen molar-refractivity contribution in [3.05, 3.63) is 59.2 Å². The minimum atomic E-state index is -1.36. The highest BCUT2D eigenvalue weighted by Gasteiger charge is 2.40. The fourth-order valence-electron chi connectivity index (χ4n) is 3.98. The van der Waals surface area contributed by atoms with E-state index in [1.54, 1.807) is 7.11 Å². The van der Waals surface area contributed by atoms with Gasteiger partial charge in [0.1, 0.15) is 5.60 Å². The number of hydrogen-bond donors (Lipinski definition) is 1. The van der Waals surface area contributed by atoms with Crippen LogP contribution in [-0.2, 0) is 23.5 Å². The smallest absolute Gasteiger partial charge is 0.205 e. The van der Waals surface area contributed by atoms with E-state index in [0.717, 1.165) is 36.4 Å². The fraction of sp³-hybridized carbons (Fsp3) is 0.455. The summed E-state index contributed by atoms with van der Waals surface area (Å²) >= 11 is 0. The largest absolute Gasteiger partial charge is 0.493 e. The number of ether oxygens (including phenoxy) is 3. The van der Waals surface area contributed by atoms with Crippen LogP contribution in [0.2, 0.25) is 0 Å². The Morgan fingerprint density at radius 1 is 1.18 bits per heavy atom. The summed E-state index contributed by atoms with van der Waals surface area (Å²) in [6.45, 7) is 6.57. The highest BCUT2D eigenvalue weighted by Crippen LogP contribution is 2.45. The highest BCUT2D eigenvalue weighted by atomic mass is 35.5. The molecule has 2 aliphatic heterocycles. The molecule has 1 fully saturated rings. The maximum Gasteiger partial charge on any atom is 0.205 e. The number of hydrogen-bond acceptors (Lipinski definition) is 5. The molecule has 0 saturated carbocycles. The number of methoxy groups -OCH3 is 1. The van der Waals surface area contributed by atoms with Crippen LogP contribution in [0.25, 0.3) is 0 Å². The number of morpholine rings is 1.